The number of nitrogens with one attached hydrogen (secondary N) is 1. The van der Waals surface area contributed by atoms with Crippen LogP contribution in [-0.4, -0.2) is 4.98 Å². The van der Waals surface area contributed by atoms with E-state index < -0.39 is 5.76 Å². The molecule has 0 spiro atoms. The molecule has 1 N–H and O–H groups in total. The highest BCUT2D eigenvalue weighted by atomic mass is 79.9. The van der Waals surface area contributed by atoms with Gasteiger partial charge in [-0.1, -0.05) is 34.1 Å². The van der Waals surface area contributed by atoms with Crippen molar-refractivity contribution in [3.05, 3.63) is 68.1 Å². The number of fused-ring (bicyclic) bond motifs is 1. The standard InChI is InChI=1S/C15H11BrClNO2/c1-8-10(3-2-4-11(8)16)14(17)9-5-6-12-13(7-9)20-15(19)18-12/h2-7,14H,1H3,(H,18,19). The summed E-state index contributed by atoms with van der Waals surface area (Å²) in [6.07, 6.45) is 0. The van der Waals surface area contributed by atoms with Gasteiger partial charge in [-0.2, -0.15) is 0 Å². The molecule has 5 heteroatoms. The molecule has 0 aliphatic heterocycles. The van der Waals surface area contributed by atoms with Gasteiger partial charge < -0.3 is 4.42 Å². The molecule has 0 amide bonds. The average molecular weight is 353 g/mol. The predicted molar refractivity (Wildman–Crippen MR) is 83.4 cm³/mol. The van der Waals surface area contributed by atoms with Crippen molar-refractivity contribution in [1.82, 2.24) is 4.98 Å². The summed E-state index contributed by atoms with van der Waals surface area (Å²) in [4.78, 5) is 13.8. The van der Waals surface area contributed by atoms with Crippen LogP contribution in [0.4, 0.5) is 0 Å². The third-order valence-corrected chi connectivity index (χ3v) is 4.67. The Kier molecular flexibility index (Phi) is 3.44. The van der Waals surface area contributed by atoms with E-state index in [0.29, 0.717) is 11.1 Å². The lowest BCUT2D eigenvalue weighted by atomic mass is 10.00. The number of aromatic amines is 1. The fourth-order valence-electron chi connectivity index (χ4n) is 2.20. The van der Waals surface area contributed by atoms with Crippen molar-refractivity contribution in [2.75, 3.05) is 0 Å². The minimum atomic E-state index is -0.457. The number of benzene rings is 2. The van der Waals surface area contributed by atoms with Gasteiger partial charge in [-0.15, -0.1) is 11.6 Å². The van der Waals surface area contributed by atoms with E-state index in [1.54, 1.807) is 12.1 Å². The molecular weight excluding hydrogens is 342 g/mol. The molecule has 0 fully saturated rings. The number of halogens is 2. The Labute approximate surface area is 128 Å². The van der Waals surface area contributed by atoms with E-state index in [9.17, 15) is 4.79 Å². The van der Waals surface area contributed by atoms with Gasteiger partial charge in [-0.3, -0.25) is 4.98 Å². The van der Waals surface area contributed by atoms with E-state index in [1.165, 1.54) is 0 Å². The Morgan fingerprint density at radius 2 is 2.10 bits per heavy atom. The second-order valence-corrected chi connectivity index (χ2v) is 5.88. The fourth-order valence-corrected chi connectivity index (χ4v) is 2.95. The molecule has 0 aliphatic rings. The van der Waals surface area contributed by atoms with Gasteiger partial charge in [-0.25, -0.2) is 4.79 Å². The van der Waals surface area contributed by atoms with E-state index in [1.807, 2.05) is 31.2 Å². The van der Waals surface area contributed by atoms with Crippen molar-refractivity contribution in [1.29, 1.82) is 0 Å². The minimum Gasteiger partial charge on any atom is -0.408 e. The summed E-state index contributed by atoms with van der Waals surface area (Å²) in [7, 11) is 0. The maximum Gasteiger partial charge on any atom is 0.417 e. The molecule has 2 aromatic carbocycles. The Morgan fingerprint density at radius 1 is 1.30 bits per heavy atom. The maximum atomic E-state index is 11.2. The Bertz CT molecular complexity index is 837. The van der Waals surface area contributed by atoms with Crippen molar-refractivity contribution < 1.29 is 4.42 Å². The third-order valence-electron chi connectivity index (χ3n) is 3.32. The summed E-state index contributed by atoms with van der Waals surface area (Å²) in [6.45, 7) is 2.02. The Balaban J connectivity index is 2.09. The molecule has 0 bridgehead atoms. The van der Waals surface area contributed by atoms with E-state index in [2.05, 4.69) is 20.9 Å². The molecule has 3 rings (SSSR count). The molecular formula is C15H11BrClNO2. The average Bonchev–Trinajstić information content (AvgIpc) is 2.80. The van der Waals surface area contributed by atoms with Crippen LogP contribution in [0, 0.1) is 6.92 Å². The van der Waals surface area contributed by atoms with Crippen molar-refractivity contribution in [3.63, 3.8) is 0 Å². The highest BCUT2D eigenvalue weighted by molar-refractivity contribution is 9.10. The molecule has 0 aliphatic carbocycles. The normalized spacial score (nSPS) is 12.8. The monoisotopic (exact) mass is 351 g/mol. The number of oxazole rings is 1. The van der Waals surface area contributed by atoms with Crippen LogP contribution in [0.25, 0.3) is 11.1 Å². The molecule has 1 atom stereocenters. The number of aromatic nitrogens is 1. The highest BCUT2D eigenvalue weighted by Gasteiger charge is 2.15. The number of hydrogen-bond acceptors (Lipinski definition) is 2. The molecule has 20 heavy (non-hydrogen) atoms. The molecule has 1 heterocycles. The van der Waals surface area contributed by atoms with Crippen LogP contribution in [0.2, 0.25) is 0 Å². The summed E-state index contributed by atoms with van der Waals surface area (Å²) in [6, 6.07) is 11.4. The fraction of sp³-hybridized carbons (Fsp3) is 0.133. The Hall–Kier alpha value is -1.52. The topological polar surface area (TPSA) is 46.0 Å². The number of H-pyrrole nitrogens is 1. The maximum absolute atomic E-state index is 11.2. The van der Waals surface area contributed by atoms with Crippen LogP contribution in [0.5, 0.6) is 0 Å². The van der Waals surface area contributed by atoms with Gasteiger partial charge in [0.1, 0.15) is 0 Å². The lowest BCUT2D eigenvalue weighted by Gasteiger charge is -2.14. The second kappa shape index (κ2) is 5.11. The van der Waals surface area contributed by atoms with E-state index in [0.717, 1.165) is 21.2 Å². The minimum absolute atomic E-state index is 0.294. The first kappa shape index (κ1) is 13.5. The van der Waals surface area contributed by atoms with Crippen molar-refractivity contribution >= 4 is 38.6 Å². The summed E-state index contributed by atoms with van der Waals surface area (Å²) < 4.78 is 6.09. The molecule has 0 saturated heterocycles. The zero-order chi connectivity index (χ0) is 14.3. The second-order valence-electron chi connectivity index (χ2n) is 4.59. The molecule has 3 nitrogen and oxygen atoms in total. The number of rotatable bonds is 2. The quantitative estimate of drug-likeness (QED) is 0.689. The lowest BCUT2D eigenvalue weighted by molar-refractivity contribution is 0.555. The summed E-state index contributed by atoms with van der Waals surface area (Å²) >= 11 is 10.1. The smallest absolute Gasteiger partial charge is 0.408 e. The number of hydrogen-bond donors (Lipinski definition) is 1. The predicted octanol–water partition coefficient (Wildman–Crippen LogP) is 4.52. The largest absolute Gasteiger partial charge is 0.417 e. The van der Waals surface area contributed by atoms with Gasteiger partial charge in [0.2, 0.25) is 0 Å². The van der Waals surface area contributed by atoms with Crippen LogP contribution >= 0.6 is 27.5 Å². The number of alkyl halides is 1. The van der Waals surface area contributed by atoms with Crippen molar-refractivity contribution in [2.24, 2.45) is 0 Å². The Morgan fingerprint density at radius 3 is 2.90 bits per heavy atom. The van der Waals surface area contributed by atoms with E-state index in [4.69, 9.17) is 16.0 Å². The van der Waals surface area contributed by atoms with Crippen LogP contribution in [0.3, 0.4) is 0 Å². The molecule has 0 radical (unpaired) electrons. The first-order valence-electron chi connectivity index (χ1n) is 6.08. The van der Waals surface area contributed by atoms with Crippen LogP contribution in [0.15, 0.2) is 50.1 Å². The highest BCUT2D eigenvalue weighted by Crippen LogP contribution is 2.34. The van der Waals surface area contributed by atoms with Gasteiger partial charge >= 0.3 is 5.76 Å². The molecule has 102 valence electrons. The first-order valence-corrected chi connectivity index (χ1v) is 7.31. The van der Waals surface area contributed by atoms with Crippen LogP contribution in [-0.2, 0) is 0 Å². The van der Waals surface area contributed by atoms with Gasteiger partial charge in [0, 0.05) is 4.47 Å². The summed E-state index contributed by atoms with van der Waals surface area (Å²) in [5.74, 6) is -0.457. The molecule has 1 aromatic heterocycles. The molecule has 3 aromatic rings. The first-order chi connectivity index (χ1) is 9.56. The van der Waals surface area contributed by atoms with Gasteiger partial charge in [0.25, 0.3) is 0 Å². The summed E-state index contributed by atoms with van der Waals surface area (Å²) in [5.41, 5.74) is 4.21. The summed E-state index contributed by atoms with van der Waals surface area (Å²) in [5, 5.41) is -0.294. The lowest BCUT2D eigenvalue weighted by Crippen LogP contribution is -1.96. The van der Waals surface area contributed by atoms with Crippen molar-refractivity contribution in [2.45, 2.75) is 12.3 Å². The van der Waals surface area contributed by atoms with E-state index >= 15 is 0 Å². The van der Waals surface area contributed by atoms with Gasteiger partial charge in [-0.05, 0) is 41.8 Å². The van der Waals surface area contributed by atoms with Gasteiger partial charge in [0.15, 0.2) is 5.58 Å². The van der Waals surface area contributed by atoms with Crippen LogP contribution in [0.1, 0.15) is 22.1 Å². The van der Waals surface area contributed by atoms with Crippen LogP contribution < -0.4 is 5.76 Å². The zero-order valence-electron chi connectivity index (χ0n) is 10.6. The third kappa shape index (κ3) is 2.30. The molecule has 1 unspecified atom stereocenters. The SMILES string of the molecule is Cc1c(Br)cccc1C(Cl)c1ccc2[nH]c(=O)oc2c1. The van der Waals surface area contributed by atoms with Gasteiger partial charge in [0.05, 0.1) is 10.9 Å². The molecule has 0 saturated carbocycles. The van der Waals surface area contributed by atoms with Crippen molar-refractivity contribution in [3.8, 4) is 0 Å². The van der Waals surface area contributed by atoms with E-state index in [-0.39, 0.29) is 5.38 Å². The zero-order valence-corrected chi connectivity index (χ0v) is 13.0.